The Balaban J connectivity index is 4.58. The van der Waals surface area contributed by atoms with Crippen LogP contribution in [0.2, 0.25) is 0 Å². The molecule has 9 heteroatoms. The average molecular weight is 264 g/mol. The molecule has 1 atom stereocenters. The first kappa shape index (κ1) is 15.9. The van der Waals surface area contributed by atoms with Crippen molar-refractivity contribution in [2.75, 3.05) is 19.8 Å². The largest absolute Gasteiger partial charge is 0.470 e. The van der Waals surface area contributed by atoms with Gasteiger partial charge in [0.15, 0.2) is 6.10 Å². The summed E-state index contributed by atoms with van der Waals surface area (Å²) in [5, 5.41) is 0. The van der Waals surface area contributed by atoms with Crippen molar-refractivity contribution in [3.8, 4) is 0 Å². The van der Waals surface area contributed by atoms with Gasteiger partial charge >= 0.3 is 13.9 Å². The average Bonchev–Trinajstić information content (AvgIpc) is 2.10. The van der Waals surface area contributed by atoms with Crippen LogP contribution in [0.25, 0.3) is 0 Å². The molecule has 0 heterocycles. The maximum Gasteiger partial charge on any atom is 0.470 e. The molecule has 0 amide bonds. The Bertz CT molecular complexity index is 243. The van der Waals surface area contributed by atoms with Crippen LogP contribution in [-0.2, 0) is 18.6 Å². The molecule has 2 N–H and O–H groups in total. The fourth-order valence-electron chi connectivity index (χ4n) is 0.865. The summed E-state index contributed by atoms with van der Waals surface area (Å²) in [6, 6.07) is 0. The highest BCUT2D eigenvalue weighted by Crippen LogP contribution is 2.41. The number of phosphoric ester groups is 1. The zero-order chi connectivity index (χ0) is 12.8. The lowest BCUT2D eigenvalue weighted by molar-refractivity contribution is -0.289. The maximum atomic E-state index is 13.2. The van der Waals surface area contributed by atoms with E-state index in [2.05, 4.69) is 14.0 Å². The molecule has 1 unspecified atom stereocenters. The smallest absolute Gasteiger partial charge is 0.379 e. The predicted octanol–water partition coefficient (Wildman–Crippen LogP) is 1.13. The standard InChI is InChI=1S/C7H15F2O6P/c1-3-13-5-6(15-16(10,11)12)7(8,9)14-4-2/h6H,3-5H2,1-2H3,(H2,10,11,12). The third-order valence-corrected chi connectivity index (χ3v) is 1.98. The fourth-order valence-corrected chi connectivity index (χ4v) is 1.38. The number of phosphoric acid groups is 1. The normalized spacial score (nSPS) is 15.1. The van der Waals surface area contributed by atoms with Crippen LogP contribution in [-0.4, -0.2) is 41.8 Å². The van der Waals surface area contributed by atoms with E-state index in [9.17, 15) is 13.3 Å². The van der Waals surface area contributed by atoms with Gasteiger partial charge in [0.05, 0.1) is 13.2 Å². The van der Waals surface area contributed by atoms with Gasteiger partial charge in [-0.25, -0.2) is 4.57 Å². The van der Waals surface area contributed by atoms with Gasteiger partial charge in [0.2, 0.25) is 0 Å². The van der Waals surface area contributed by atoms with Gasteiger partial charge in [0.25, 0.3) is 0 Å². The zero-order valence-electron chi connectivity index (χ0n) is 8.93. The quantitative estimate of drug-likeness (QED) is 0.639. The number of alkyl halides is 2. The molecule has 0 fully saturated rings. The van der Waals surface area contributed by atoms with Crippen molar-refractivity contribution in [3.63, 3.8) is 0 Å². The molecule has 0 spiro atoms. The summed E-state index contributed by atoms with van der Waals surface area (Å²) < 4.78 is 49.4. The molecule has 98 valence electrons. The van der Waals surface area contributed by atoms with Gasteiger partial charge in [-0.3, -0.25) is 4.52 Å². The summed E-state index contributed by atoms with van der Waals surface area (Å²) in [6.45, 7) is 1.99. The second kappa shape index (κ2) is 6.58. The van der Waals surface area contributed by atoms with Crippen molar-refractivity contribution >= 4 is 7.82 Å². The van der Waals surface area contributed by atoms with E-state index in [1.807, 2.05) is 0 Å². The molecule has 0 aromatic heterocycles. The summed E-state index contributed by atoms with van der Waals surface area (Å²) in [5.41, 5.74) is 0. The molecule has 0 saturated heterocycles. The molecule has 0 aliphatic carbocycles. The van der Waals surface area contributed by atoms with Crippen LogP contribution in [0.3, 0.4) is 0 Å². The Kier molecular flexibility index (Phi) is 6.54. The summed E-state index contributed by atoms with van der Waals surface area (Å²) in [4.78, 5) is 16.9. The molecule has 0 aliphatic rings. The lowest BCUT2D eigenvalue weighted by atomic mass is 10.3. The zero-order valence-corrected chi connectivity index (χ0v) is 9.82. The first-order valence-electron chi connectivity index (χ1n) is 4.56. The number of rotatable bonds is 8. The van der Waals surface area contributed by atoms with Gasteiger partial charge in [-0.1, -0.05) is 0 Å². The van der Waals surface area contributed by atoms with Gasteiger partial charge < -0.3 is 19.3 Å². The molecular weight excluding hydrogens is 249 g/mol. The van der Waals surface area contributed by atoms with E-state index < -0.39 is 26.6 Å². The van der Waals surface area contributed by atoms with Gasteiger partial charge in [-0.15, -0.1) is 0 Å². The number of hydrogen-bond acceptors (Lipinski definition) is 4. The minimum Gasteiger partial charge on any atom is -0.379 e. The Morgan fingerprint density at radius 3 is 2.25 bits per heavy atom. The summed E-state index contributed by atoms with van der Waals surface area (Å²) in [7, 11) is -5.02. The van der Waals surface area contributed by atoms with Crippen LogP contribution in [0, 0.1) is 0 Å². The van der Waals surface area contributed by atoms with Crippen molar-refractivity contribution in [1.29, 1.82) is 0 Å². The molecule has 0 rings (SSSR count). The first-order chi connectivity index (χ1) is 7.23. The van der Waals surface area contributed by atoms with Gasteiger partial charge in [-0.05, 0) is 13.8 Å². The van der Waals surface area contributed by atoms with Gasteiger partial charge in [-0.2, -0.15) is 8.78 Å². The van der Waals surface area contributed by atoms with Gasteiger partial charge in [0, 0.05) is 6.61 Å². The Labute approximate surface area is 91.7 Å². The molecule has 0 aromatic rings. The topological polar surface area (TPSA) is 85.2 Å². The molecular formula is C7H15F2O6P. The monoisotopic (exact) mass is 264 g/mol. The molecule has 0 bridgehead atoms. The van der Waals surface area contributed by atoms with E-state index in [0.29, 0.717) is 0 Å². The second-order valence-corrected chi connectivity index (χ2v) is 3.93. The van der Waals surface area contributed by atoms with Crippen molar-refractivity contribution in [2.45, 2.75) is 26.1 Å². The molecule has 0 saturated carbocycles. The summed E-state index contributed by atoms with van der Waals surface area (Å²) >= 11 is 0. The van der Waals surface area contributed by atoms with Crippen molar-refractivity contribution in [2.24, 2.45) is 0 Å². The Morgan fingerprint density at radius 1 is 1.31 bits per heavy atom. The summed E-state index contributed by atoms with van der Waals surface area (Å²) in [5.74, 6) is 0. The van der Waals surface area contributed by atoms with Crippen LogP contribution in [0.15, 0.2) is 0 Å². The molecule has 0 aliphatic heterocycles. The number of hydrogen-bond donors (Lipinski definition) is 2. The summed E-state index contributed by atoms with van der Waals surface area (Å²) in [6.07, 6.45) is -5.96. The van der Waals surface area contributed by atoms with Gasteiger partial charge in [0.1, 0.15) is 0 Å². The van der Waals surface area contributed by atoms with E-state index in [-0.39, 0.29) is 13.2 Å². The van der Waals surface area contributed by atoms with Crippen molar-refractivity contribution in [1.82, 2.24) is 0 Å². The number of ether oxygens (including phenoxy) is 2. The van der Waals surface area contributed by atoms with Crippen molar-refractivity contribution in [3.05, 3.63) is 0 Å². The molecule has 16 heavy (non-hydrogen) atoms. The van der Waals surface area contributed by atoms with Crippen LogP contribution < -0.4 is 0 Å². The minimum atomic E-state index is -5.02. The third-order valence-electron chi connectivity index (χ3n) is 1.45. The van der Waals surface area contributed by atoms with Crippen LogP contribution in [0.4, 0.5) is 8.78 Å². The van der Waals surface area contributed by atoms with E-state index in [1.165, 1.54) is 6.92 Å². The molecule has 0 radical (unpaired) electrons. The lowest BCUT2D eigenvalue weighted by Gasteiger charge is -2.25. The Hall–Kier alpha value is -0.110. The molecule has 0 aromatic carbocycles. The third kappa shape index (κ3) is 6.47. The predicted molar refractivity (Wildman–Crippen MR) is 50.0 cm³/mol. The van der Waals surface area contributed by atoms with Crippen LogP contribution >= 0.6 is 7.82 Å². The lowest BCUT2D eigenvalue weighted by Crippen LogP contribution is -2.41. The highest BCUT2D eigenvalue weighted by Gasteiger charge is 2.45. The SMILES string of the molecule is CCOCC(OP(=O)(O)O)C(F)(F)OCC. The highest BCUT2D eigenvalue weighted by atomic mass is 31.2. The van der Waals surface area contributed by atoms with E-state index in [1.54, 1.807) is 6.92 Å². The maximum absolute atomic E-state index is 13.2. The number of halogens is 2. The van der Waals surface area contributed by atoms with Crippen molar-refractivity contribution < 1.29 is 37.1 Å². The Morgan fingerprint density at radius 2 is 1.88 bits per heavy atom. The van der Waals surface area contributed by atoms with Crippen LogP contribution in [0.1, 0.15) is 13.8 Å². The second-order valence-electron chi connectivity index (χ2n) is 2.74. The minimum absolute atomic E-state index is 0.114. The van der Waals surface area contributed by atoms with E-state index in [0.717, 1.165) is 0 Å². The fraction of sp³-hybridized carbons (Fsp3) is 1.00. The first-order valence-corrected chi connectivity index (χ1v) is 6.09. The van der Waals surface area contributed by atoms with E-state index >= 15 is 0 Å². The van der Waals surface area contributed by atoms with Crippen LogP contribution in [0.5, 0.6) is 0 Å². The highest BCUT2D eigenvalue weighted by molar-refractivity contribution is 7.46. The molecule has 6 nitrogen and oxygen atoms in total. The van der Waals surface area contributed by atoms with E-state index in [4.69, 9.17) is 9.79 Å².